The van der Waals surface area contributed by atoms with Crippen molar-refractivity contribution in [2.75, 3.05) is 18.4 Å². The van der Waals surface area contributed by atoms with Gasteiger partial charge in [-0.1, -0.05) is 0 Å². The second-order valence-electron chi connectivity index (χ2n) is 7.49. The van der Waals surface area contributed by atoms with E-state index in [2.05, 4.69) is 39.3 Å². The minimum absolute atomic E-state index is 0.0137. The van der Waals surface area contributed by atoms with Gasteiger partial charge in [0, 0.05) is 36.9 Å². The Bertz CT molecular complexity index is 898. The van der Waals surface area contributed by atoms with Gasteiger partial charge in [0.25, 0.3) is 0 Å². The summed E-state index contributed by atoms with van der Waals surface area (Å²) in [4.78, 5) is 10.6. The van der Waals surface area contributed by atoms with Gasteiger partial charge in [-0.05, 0) is 45.1 Å². The van der Waals surface area contributed by atoms with E-state index in [0.717, 1.165) is 24.5 Å². The lowest BCUT2D eigenvalue weighted by Gasteiger charge is -2.37. The van der Waals surface area contributed by atoms with Crippen molar-refractivity contribution < 1.29 is 5.11 Å². The number of aryl methyl sites for hydroxylation is 1. The first-order valence-electron chi connectivity index (χ1n) is 9.65. The van der Waals surface area contributed by atoms with Gasteiger partial charge in [0.2, 0.25) is 0 Å². The molecule has 2 aromatic heterocycles. The Hall–Kier alpha value is -3.26. The molecule has 1 aliphatic rings. The molecule has 0 unspecified atom stereocenters. The fourth-order valence-corrected chi connectivity index (χ4v) is 3.35. The van der Waals surface area contributed by atoms with Gasteiger partial charge in [-0.2, -0.15) is 0 Å². The number of hydrogen-bond donors (Lipinski definition) is 5. The number of allylic oxidation sites excluding steroid dienone is 2. The Labute approximate surface area is 171 Å². The number of rotatable bonds is 5. The van der Waals surface area contributed by atoms with Gasteiger partial charge in [-0.15, -0.1) is 0 Å². The maximum absolute atomic E-state index is 10.4. The number of pyridine rings is 2. The van der Waals surface area contributed by atoms with Crippen molar-refractivity contribution in [3.05, 3.63) is 60.0 Å². The number of hydrogen-bond acceptors (Lipinski definition) is 8. The molecule has 7 N–H and O–H groups in total. The van der Waals surface area contributed by atoms with Crippen LogP contribution in [0.1, 0.15) is 25.2 Å². The molecule has 154 valence electrons. The van der Waals surface area contributed by atoms with Gasteiger partial charge in [0.05, 0.1) is 35.3 Å². The summed E-state index contributed by atoms with van der Waals surface area (Å²) in [6.45, 7) is 7.84. The number of piperazine rings is 1. The van der Waals surface area contributed by atoms with Gasteiger partial charge in [0.1, 0.15) is 11.4 Å². The highest BCUT2D eigenvalue weighted by atomic mass is 16.3. The van der Waals surface area contributed by atoms with Gasteiger partial charge >= 0.3 is 0 Å². The Morgan fingerprint density at radius 1 is 1.14 bits per heavy atom. The minimum atomic E-state index is -0.0137. The average molecular weight is 396 g/mol. The molecule has 0 spiro atoms. The van der Waals surface area contributed by atoms with E-state index in [1.54, 1.807) is 30.6 Å². The summed E-state index contributed by atoms with van der Waals surface area (Å²) in [5.74, 6) is 0.623. The fourth-order valence-electron chi connectivity index (χ4n) is 3.35. The fraction of sp³-hybridized carbons (Fsp3) is 0.333. The van der Waals surface area contributed by atoms with Crippen molar-refractivity contribution in [2.45, 2.75) is 32.9 Å². The molecule has 1 aliphatic heterocycles. The van der Waals surface area contributed by atoms with E-state index in [-0.39, 0.29) is 5.75 Å². The summed E-state index contributed by atoms with van der Waals surface area (Å²) in [6.07, 6.45) is 6.76. The second-order valence-corrected chi connectivity index (χ2v) is 7.49. The number of nitrogens with one attached hydrogen (secondary N) is 2. The molecule has 1 fully saturated rings. The van der Waals surface area contributed by atoms with Gasteiger partial charge in [-0.25, -0.2) is 4.98 Å². The predicted octanol–water partition coefficient (Wildman–Crippen LogP) is 2.02. The van der Waals surface area contributed by atoms with Gasteiger partial charge in [-0.3, -0.25) is 4.98 Å². The number of aromatic hydroxyl groups is 1. The van der Waals surface area contributed by atoms with Crippen molar-refractivity contribution in [2.24, 2.45) is 11.5 Å². The summed E-state index contributed by atoms with van der Waals surface area (Å²) < 4.78 is 0. The monoisotopic (exact) mass is 395 g/mol. The molecule has 0 amide bonds. The van der Waals surface area contributed by atoms with Crippen molar-refractivity contribution in [3.63, 3.8) is 0 Å². The van der Waals surface area contributed by atoms with Crippen molar-refractivity contribution in [3.8, 4) is 5.75 Å². The third-order valence-electron chi connectivity index (χ3n) is 4.70. The van der Waals surface area contributed by atoms with E-state index in [1.807, 2.05) is 19.1 Å². The van der Waals surface area contributed by atoms with Crippen LogP contribution in [0.15, 0.2) is 48.6 Å². The van der Waals surface area contributed by atoms with Crippen LogP contribution in [-0.4, -0.2) is 45.1 Å². The predicted molar refractivity (Wildman–Crippen MR) is 116 cm³/mol. The number of nitrogens with two attached hydrogens (primary N) is 2. The molecule has 8 nitrogen and oxygen atoms in total. The second kappa shape index (κ2) is 8.83. The Morgan fingerprint density at radius 2 is 1.83 bits per heavy atom. The molecule has 3 rings (SSSR count). The third kappa shape index (κ3) is 5.39. The SMILES string of the molecule is Cc1ccc(Nc2cnc(/C(N)=C/C=C(\N)N3C[C@@H](C)N[C@@H](C)C3)c(O)c2)cn1. The minimum Gasteiger partial charge on any atom is -0.506 e. The molecular weight excluding hydrogens is 366 g/mol. The van der Waals surface area contributed by atoms with E-state index in [1.165, 1.54) is 0 Å². The molecule has 2 atom stereocenters. The lowest BCUT2D eigenvalue weighted by molar-refractivity contribution is 0.213. The number of nitrogens with zero attached hydrogens (tertiary/aromatic N) is 3. The van der Waals surface area contributed by atoms with E-state index in [0.29, 0.717) is 35.0 Å². The lowest BCUT2D eigenvalue weighted by atomic mass is 10.1. The molecule has 0 saturated carbocycles. The van der Waals surface area contributed by atoms with Crippen molar-refractivity contribution in [1.82, 2.24) is 20.2 Å². The standard InChI is InChI=1S/C21H29N7O/c1-13-4-5-16(9-24-13)27-17-8-19(29)21(25-10-17)18(22)6-7-20(23)28-11-14(2)26-15(3)12-28/h4-10,14-15,26-27,29H,11-12,22-23H2,1-3H3/b18-6-,20-7+/t14-,15+. The maximum Gasteiger partial charge on any atom is 0.145 e. The summed E-state index contributed by atoms with van der Waals surface area (Å²) in [5, 5.41) is 17.0. The first kappa shape index (κ1) is 20.5. The van der Waals surface area contributed by atoms with Gasteiger partial charge < -0.3 is 32.1 Å². The van der Waals surface area contributed by atoms with Crippen LogP contribution in [-0.2, 0) is 0 Å². The first-order chi connectivity index (χ1) is 13.8. The number of anilines is 2. The normalized spacial score (nSPS) is 20.6. The number of aromatic nitrogens is 2. The van der Waals surface area contributed by atoms with Crippen LogP contribution in [0, 0.1) is 6.92 Å². The van der Waals surface area contributed by atoms with Gasteiger partial charge in [0.15, 0.2) is 0 Å². The molecule has 3 heterocycles. The van der Waals surface area contributed by atoms with Crippen molar-refractivity contribution in [1.29, 1.82) is 0 Å². The summed E-state index contributed by atoms with van der Waals surface area (Å²) in [5.41, 5.74) is 15.4. The van der Waals surface area contributed by atoms with Crippen LogP contribution < -0.4 is 22.1 Å². The van der Waals surface area contributed by atoms with E-state index in [9.17, 15) is 5.11 Å². The summed E-state index contributed by atoms with van der Waals surface area (Å²) >= 11 is 0. The Balaban J connectivity index is 1.71. The largest absolute Gasteiger partial charge is 0.506 e. The summed E-state index contributed by atoms with van der Waals surface area (Å²) in [6, 6.07) is 6.12. The molecule has 8 heteroatoms. The highest BCUT2D eigenvalue weighted by Crippen LogP contribution is 2.25. The average Bonchev–Trinajstić information content (AvgIpc) is 2.67. The van der Waals surface area contributed by atoms with Crippen LogP contribution in [0.4, 0.5) is 11.4 Å². The zero-order chi connectivity index (χ0) is 21.0. The molecule has 0 aliphatic carbocycles. The third-order valence-corrected chi connectivity index (χ3v) is 4.70. The topological polar surface area (TPSA) is 125 Å². The Kier molecular flexibility index (Phi) is 6.23. The first-order valence-corrected chi connectivity index (χ1v) is 9.65. The summed E-state index contributed by atoms with van der Waals surface area (Å²) in [7, 11) is 0. The molecular formula is C21H29N7O. The molecule has 1 saturated heterocycles. The van der Waals surface area contributed by atoms with Crippen molar-refractivity contribution >= 4 is 17.1 Å². The van der Waals surface area contributed by atoms with Crippen LogP contribution >= 0.6 is 0 Å². The zero-order valence-electron chi connectivity index (χ0n) is 17.1. The van der Waals surface area contributed by atoms with E-state index < -0.39 is 0 Å². The van der Waals surface area contributed by atoms with Crippen LogP contribution in [0.3, 0.4) is 0 Å². The molecule has 2 aromatic rings. The molecule has 0 aromatic carbocycles. The van der Waals surface area contributed by atoms with Crippen LogP contribution in [0.5, 0.6) is 5.75 Å². The van der Waals surface area contributed by atoms with Crippen LogP contribution in [0.2, 0.25) is 0 Å². The quantitative estimate of drug-likeness (QED) is 0.487. The van der Waals surface area contributed by atoms with E-state index in [4.69, 9.17) is 11.5 Å². The zero-order valence-corrected chi connectivity index (χ0v) is 17.1. The Morgan fingerprint density at radius 3 is 2.45 bits per heavy atom. The highest BCUT2D eigenvalue weighted by Gasteiger charge is 2.21. The smallest absolute Gasteiger partial charge is 0.145 e. The molecule has 29 heavy (non-hydrogen) atoms. The van der Waals surface area contributed by atoms with E-state index >= 15 is 0 Å². The molecule has 0 radical (unpaired) electrons. The highest BCUT2D eigenvalue weighted by molar-refractivity contribution is 5.69. The molecule has 0 bridgehead atoms. The van der Waals surface area contributed by atoms with Crippen LogP contribution in [0.25, 0.3) is 5.70 Å². The lowest BCUT2D eigenvalue weighted by Crippen LogP contribution is -2.54. The maximum atomic E-state index is 10.4.